The van der Waals surface area contributed by atoms with E-state index in [1.54, 1.807) is 4.68 Å². The van der Waals surface area contributed by atoms with Crippen molar-refractivity contribution in [1.82, 2.24) is 19.7 Å². The van der Waals surface area contributed by atoms with E-state index in [1.165, 1.54) is 0 Å². The topological polar surface area (TPSA) is 60.2 Å². The molecule has 4 rings (SSSR count). The number of aromatic nitrogens is 3. The van der Waals surface area contributed by atoms with E-state index in [0.29, 0.717) is 19.0 Å². The third-order valence-corrected chi connectivity index (χ3v) is 4.92. The molecule has 24 heavy (non-hydrogen) atoms. The van der Waals surface area contributed by atoms with Gasteiger partial charge in [0.25, 0.3) is 5.91 Å². The highest BCUT2D eigenvalue weighted by Crippen LogP contribution is 2.40. The Morgan fingerprint density at radius 3 is 2.54 bits per heavy atom. The molecule has 1 aliphatic heterocycles. The van der Waals surface area contributed by atoms with E-state index in [9.17, 15) is 4.79 Å². The van der Waals surface area contributed by atoms with Gasteiger partial charge in [-0.25, -0.2) is 4.98 Å². The van der Waals surface area contributed by atoms with E-state index in [1.807, 2.05) is 38.8 Å². The Hall–Kier alpha value is -1.95. The van der Waals surface area contributed by atoms with Gasteiger partial charge in [0.1, 0.15) is 0 Å². The van der Waals surface area contributed by atoms with Crippen molar-refractivity contribution in [2.45, 2.75) is 51.7 Å². The van der Waals surface area contributed by atoms with Crippen molar-refractivity contribution in [2.24, 2.45) is 7.05 Å². The molecule has 2 aromatic rings. The predicted molar refractivity (Wildman–Crippen MR) is 91.1 cm³/mol. The van der Waals surface area contributed by atoms with Crippen molar-refractivity contribution in [1.29, 1.82) is 0 Å². The van der Waals surface area contributed by atoms with Gasteiger partial charge in [0, 0.05) is 31.7 Å². The molecule has 2 aromatic heterocycles. The Labute approximate surface area is 141 Å². The average molecular weight is 328 g/mol. The van der Waals surface area contributed by atoms with Crippen molar-refractivity contribution < 1.29 is 9.53 Å². The number of fused-ring (bicyclic) bond motifs is 1. The maximum atomic E-state index is 13.3. The monoisotopic (exact) mass is 328 g/mol. The Balaban J connectivity index is 1.81. The van der Waals surface area contributed by atoms with Gasteiger partial charge >= 0.3 is 0 Å². The van der Waals surface area contributed by atoms with Gasteiger partial charge in [0.2, 0.25) is 0 Å². The van der Waals surface area contributed by atoms with Crippen LogP contribution in [0.25, 0.3) is 11.0 Å². The van der Waals surface area contributed by atoms with Crippen molar-refractivity contribution >= 4 is 16.9 Å². The number of hydrogen-bond acceptors (Lipinski definition) is 4. The first-order chi connectivity index (χ1) is 11.4. The lowest BCUT2D eigenvalue weighted by molar-refractivity contribution is -0.0585. The molecule has 128 valence electrons. The highest BCUT2D eigenvalue weighted by atomic mass is 16.5. The second kappa shape index (κ2) is 5.55. The van der Waals surface area contributed by atoms with E-state index in [2.05, 4.69) is 5.10 Å². The second-order valence-corrected chi connectivity index (χ2v) is 7.24. The number of carbonyl (C=O) groups excluding carboxylic acids is 1. The Kier molecular flexibility index (Phi) is 3.60. The van der Waals surface area contributed by atoms with Crippen molar-refractivity contribution in [3.8, 4) is 0 Å². The van der Waals surface area contributed by atoms with Crippen molar-refractivity contribution in [3.63, 3.8) is 0 Å². The number of rotatable bonds is 2. The molecule has 0 radical (unpaired) electrons. The summed E-state index contributed by atoms with van der Waals surface area (Å²) >= 11 is 0. The van der Waals surface area contributed by atoms with Crippen LogP contribution in [-0.2, 0) is 11.8 Å². The van der Waals surface area contributed by atoms with Crippen LogP contribution < -0.4 is 0 Å². The van der Waals surface area contributed by atoms with Crippen LogP contribution in [0.5, 0.6) is 0 Å². The summed E-state index contributed by atoms with van der Waals surface area (Å²) in [5, 5.41) is 5.38. The highest BCUT2D eigenvalue weighted by Gasteiger charge is 2.32. The predicted octanol–water partition coefficient (Wildman–Crippen LogP) is 2.40. The lowest BCUT2D eigenvalue weighted by Gasteiger charge is -2.35. The largest absolute Gasteiger partial charge is 0.372 e. The van der Waals surface area contributed by atoms with Crippen LogP contribution in [-0.4, -0.2) is 50.9 Å². The molecule has 0 N–H and O–H groups in total. The molecule has 0 aromatic carbocycles. The first kappa shape index (κ1) is 15.6. The molecular formula is C18H24N4O2. The summed E-state index contributed by atoms with van der Waals surface area (Å²) in [5.41, 5.74) is 3.45. The fraction of sp³-hybridized carbons (Fsp3) is 0.611. The number of nitrogens with zero attached hydrogens (tertiary/aromatic N) is 4. The van der Waals surface area contributed by atoms with Crippen LogP contribution in [0.1, 0.15) is 54.4 Å². The number of hydrogen-bond donors (Lipinski definition) is 0. The lowest BCUT2D eigenvalue weighted by atomic mass is 10.1. The van der Waals surface area contributed by atoms with E-state index >= 15 is 0 Å². The van der Waals surface area contributed by atoms with Crippen molar-refractivity contribution in [3.05, 3.63) is 23.0 Å². The van der Waals surface area contributed by atoms with Gasteiger partial charge in [0.05, 0.1) is 28.9 Å². The number of ether oxygens (including phenoxy) is 1. The summed E-state index contributed by atoms with van der Waals surface area (Å²) in [6.07, 6.45) is 2.45. The Bertz CT molecular complexity index is 799. The smallest absolute Gasteiger partial charge is 0.254 e. The molecule has 2 fully saturated rings. The molecule has 6 nitrogen and oxygen atoms in total. The van der Waals surface area contributed by atoms with E-state index in [4.69, 9.17) is 9.72 Å². The van der Waals surface area contributed by atoms with E-state index in [0.717, 1.165) is 40.8 Å². The summed E-state index contributed by atoms with van der Waals surface area (Å²) in [5.74, 6) is 0.570. The van der Waals surface area contributed by atoms with Gasteiger partial charge < -0.3 is 9.64 Å². The fourth-order valence-corrected chi connectivity index (χ4v) is 3.74. The quantitative estimate of drug-likeness (QED) is 0.849. The van der Waals surface area contributed by atoms with Crippen LogP contribution in [0.3, 0.4) is 0 Å². The third kappa shape index (κ3) is 2.59. The van der Waals surface area contributed by atoms with Crippen LogP contribution in [0.15, 0.2) is 6.07 Å². The zero-order chi connectivity index (χ0) is 17.0. The maximum Gasteiger partial charge on any atom is 0.254 e. The number of morpholine rings is 1. The molecule has 1 aliphatic carbocycles. The standard InChI is InChI=1S/C18H24N4O2/c1-10-8-22(9-11(2)24-10)18(23)14-7-15(13-5-6-13)19-17-16(14)12(3)20-21(17)4/h7,10-11,13H,5-6,8-9H2,1-4H3. The van der Waals surface area contributed by atoms with E-state index in [-0.39, 0.29) is 18.1 Å². The SMILES string of the molecule is Cc1nn(C)c2nc(C3CC3)cc(C(=O)N3CC(C)OC(C)C3)c12. The zero-order valence-electron chi connectivity index (χ0n) is 14.7. The molecule has 1 amide bonds. The Morgan fingerprint density at radius 1 is 1.25 bits per heavy atom. The van der Waals surface area contributed by atoms with E-state index < -0.39 is 0 Å². The van der Waals surface area contributed by atoms with Gasteiger partial charge in [-0.05, 0) is 39.7 Å². The van der Waals surface area contributed by atoms with Crippen LogP contribution in [0.4, 0.5) is 0 Å². The fourth-order valence-electron chi connectivity index (χ4n) is 3.74. The molecule has 2 atom stereocenters. The third-order valence-electron chi connectivity index (χ3n) is 4.92. The van der Waals surface area contributed by atoms with Gasteiger partial charge in [-0.2, -0.15) is 5.10 Å². The lowest BCUT2D eigenvalue weighted by Crippen LogP contribution is -2.48. The molecule has 2 unspecified atom stereocenters. The molecule has 2 aliphatic rings. The molecular weight excluding hydrogens is 304 g/mol. The molecule has 6 heteroatoms. The summed E-state index contributed by atoms with van der Waals surface area (Å²) in [6.45, 7) is 7.24. The summed E-state index contributed by atoms with van der Waals surface area (Å²) in [6, 6.07) is 2.00. The minimum atomic E-state index is 0.0629. The molecule has 0 bridgehead atoms. The normalized spacial score (nSPS) is 24.6. The first-order valence-corrected chi connectivity index (χ1v) is 8.73. The number of amides is 1. The number of carbonyl (C=O) groups is 1. The van der Waals surface area contributed by atoms with Crippen molar-refractivity contribution in [2.75, 3.05) is 13.1 Å². The molecule has 1 saturated carbocycles. The first-order valence-electron chi connectivity index (χ1n) is 8.73. The Morgan fingerprint density at radius 2 is 1.92 bits per heavy atom. The highest BCUT2D eigenvalue weighted by molar-refractivity contribution is 6.06. The van der Waals surface area contributed by atoms with Crippen LogP contribution in [0.2, 0.25) is 0 Å². The van der Waals surface area contributed by atoms with Gasteiger partial charge in [-0.3, -0.25) is 9.48 Å². The second-order valence-electron chi connectivity index (χ2n) is 7.24. The van der Waals surface area contributed by atoms with Crippen LogP contribution >= 0.6 is 0 Å². The number of pyridine rings is 1. The molecule has 1 saturated heterocycles. The minimum Gasteiger partial charge on any atom is -0.372 e. The summed E-state index contributed by atoms with van der Waals surface area (Å²) in [4.78, 5) is 20.0. The molecule has 3 heterocycles. The summed E-state index contributed by atoms with van der Waals surface area (Å²) in [7, 11) is 1.89. The summed E-state index contributed by atoms with van der Waals surface area (Å²) < 4.78 is 7.56. The maximum absolute atomic E-state index is 13.3. The minimum absolute atomic E-state index is 0.0629. The zero-order valence-corrected chi connectivity index (χ0v) is 14.7. The van der Waals surface area contributed by atoms with Crippen LogP contribution in [0, 0.1) is 6.92 Å². The van der Waals surface area contributed by atoms with Gasteiger partial charge in [-0.15, -0.1) is 0 Å². The average Bonchev–Trinajstić information content (AvgIpc) is 3.32. The van der Waals surface area contributed by atoms with Gasteiger partial charge in [-0.1, -0.05) is 0 Å². The number of aryl methyl sites for hydroxylation is 2. The van der Waals surface area contributed by atoms with Gasteiger partial charge in [0.15, 0.2) is 5.65 Å². The molecule has 0 spiro atoms.